The molecule has 1 aromatic heterocycles. The minimum atomic E-state index is -1.06. The molecule has 3 aromatic rings. The van der Waals surface area contributed by atoms with Crippen LogP contribution in [-0.4, -0.2) is 65.0 Å². The molecule has 4 amide bonds. The minimum absolute atomic E-state index is 0.109. The third-order valence-electron chi connectivity index (χ3n) is 7.42. The van der Waals surface area contributed by atoms with Crippen molar-refractivity contribution < 1.29 is 24.3 Å². The summed E-state index contributed by atoms with van der Waals surface area (Å²) in [5.41, 5.74) is 3.45. The zero-order valence-electron chi connectivity index (χ0n) is 26.3. The van der Waals surface area contributed by atoms with E-state index < -0.39 is 23.9 Å². The highest BCUT2D eigenvalue weighted by Gasteiger charge is 2.26. The van der Waals surface area contributed by atoms with E-state index in [-0.39, 0.29) is 23.3 Å². The first-order valence-corrected chi connectivity index (χ1v) is 15.1. The third kappa shape index (κ3) is 9.79. The number of aryl methyl sites for hydroxylation is 1. The molecule has 1 aliphatic rings. The van der Waals surface area contributed by atoms with Gasteiger partial charge >= 0.3 is 12.0 Å². The number of aliphatic carboxylic acids is 1. The molecule has 0 aliphatic carbocycles. The van der Waals surface area contributed by atoms with Crippen molar-refractivity contribution in [3.8, 4) is 0 Å². The van der Waals surface area contributed by atoms with Crippen molar-refractivity contribution in [2.75, 3.05) is 41.7 Å². The third-order valence-corrected chi connectivity index (χ3v) is 7.42. The molecule has 238 valence electrons. The Hall–Kier alpha value is -4.93. The number of urea groups is 1. The Morgan fingerprint density at radius 1 is 0.956 bits per heavy atom. The maximum atomic E-state index is 13.4. The fourth-order valence-corrected chi connectivity index (χ4v) is 5.28. The van der Waals surface area contributed by atoms with E-state index in [1.807, 2.05) is 50.8 Å². The van der Waals surface area contributed by atoms with Gasteiger partial charge in [0.15, 0.2) is 0 Å². The summed E-state index contributed by atoms with van der Waals surface area (Å²) in [4.78, 5) is 59.2. The van der Waals surface area contributed by atoms with Gasteiger partial charge in [-0.3, -0.25) is 19.4 Å². The first-order chi connectivity index (χ1) is 21.4. The molecule has 0 saturated carbocycles. The highest BCUT2D eigenvalue weighted by atomic mass is 16.4. The van der Waals surface area contributed by atoms with E-state index in [1.165, 1.54) is 6.20 Å². The Morgan fingerprint density at radius 3 is 2.44 bits per heavy atom. The van der Waals surface area contributed by atoms with E-state index in [0.717, 1.165) is 12.0 Å². The lowest BCUT2D eigenvalue weighted by molar-refractivity contribution is -0.137. The molecular weight excluding hydrogens is 572 g/mol. The van der Waals surface area contributed by atoms with Crippen LogP contribution in [0.3, 0.4) is 0 Å². The van der Waals surface area contributed by atoms with Crippen LogP contribution in [0.1, 0.15) is 67.6 Å². The molecule has 2 aromatic carbocycles. The number of carboxylic acids is 1. The SMILES string of the molecule is Cc1cccc(NC(=O)Nc2cc(C(=O)NC(CC(=O)O)c3cccnc3)ccc2N2CCCN(C(=O)CC(C)(C)C)CC2)c1. The van der Waals surface area contributed by atoms with Crippen LogP contribution in [0.25, 0.3) is 0 Å². The van der Waals surface area contributed by atoms with Crippen molar-refractivity contribution in [3.05, 3.63) is 83.7 Å². The minimum Gasteiger partial charge on any atom is -0.481 e. The molecule has 1 fully saturated rings. The van der Waals surface area contributed by atoms with Crippen molar-refractivity contribution in [3.63, 3.8) is 0 Å². The number of amides is 4. The summed E-state index contributed by atoms with van der Waals surface area (Å²) in [6.45, 7) is 10.5. The summed E-state index contributed by atoms with van der Waals surface area (Å²) < 4.78 is 0. The van der Waals surface area contributed by atoms with Crippen molar-refractivity contribution in [1.29, 1.82) is 0 Å². The van der Waals surface area contributed by atoms with Crippen molar-refractivity contribution in [1.82, 2.24) is 15.2 Å². The summed E-state index contributed by atoms with van der Waals surface area (Å²) in [6, 6.07) is 14.6. The molecule has 4 N–H and O–H groups in total. The molecule has 1 saturated heterocycles. The first-order valence-electron chi connectivity index (χ1n) is 15.1. The van der Waals surface area contributed by atoms with Crippen LogP contribution < -0.4 is 20.9 Å². The number of carboxylic acid groups (broad SMARTS) is 1. The Balaban J connectivity index is 1.59. The quantitative estimate of drug-likeness (QED) is 0.251. The lowest BCUT2D eigenvalue weighted by atomic mass is 9.91. The molecule has 45 heavy (non-hydrogen) atoms. The Bertz CT molecular complexity index is 1520. The normalized spacial score (nSPS) is 14.2. The van der Waals surface area contributed by atoms with Gasteiger partial charge in [-0.1, -0.05) is 39.0 Å². The molecule has 1 aliphatic heterocycles. The summed E-state index contributed by atoms with van der Waals surface area (Å²) in [5, 5.41) is 18.0. The largest absolute Gasteiger partial charge is 0.481 e. The van der Waals surface area contributed by atoms with Gasteiger partial charge in [0.05, 0.1) is 23.8 Å². The van der Waals surface area contributed by atoms with E-state index in [2.05, 4.69) is 25.8 Å². The van der Waals surface area contributed by atoms with Crippen LogP contribution in [0.2, 0.25) is 0 Å². The Morgan fingerprint density at radius 2 is 1.76 bits per heavy atom. The fourth-order valence-electron chi connectivity index (χ4n) is 5.28. The molecule has 11 heteroatoms. The fraction of sp³-hybridized carbons (Fsp3) is 0.382. The number of hydrogen-bond donors (Lipinski definition) is 4. The zero-order valence-corrected chi connectivity index (χ0v) is 26.3. The second-order valence-electron chi connectivity index (χ2n) is 12.5. The number of carbonyl (C=O) groups is 4. The second-order valence-corrected chi connectivity index (χ2v) is 12.5. The summed E-state index contributed by atoms with van der Waals surface area (Å²) in [7, 11) is 0. The molecule has 1 unspecified atom stereocenters. The molecule has 0 radical (unpaired) electrons. The van der Waals surface area contributed by atoms with Crippen molar-refractivity contribution in [2.45, 2.75) is 53.0 Å². The lowest BCUT2D eigenvalue weighted by Gasteiger charge is -2.27. The number of rotatable bonds is 9. The van der Waals surface area contributed by atoms with Gasteiger partial charge < -0.3 is 30.9 Å². The van der Waals surface area contributed by atoms with Crippen molar-refractivity contribution in [2.24, 2.45) is 5.41 Å². The predicted molar refractivity (Wildman–Crippen MR) is 174 cm³/mol. The second kappa shape index (κ2) is 14.7. The van der Waals surface area contributed by atoms with Crippen LogP contribution in [-0.2, 0) is 9.59 Å². The number of carbonyl (C=O) groups excluding carboxylic acids is 3. The number of aromatic nitrogens is 1. The number of hydrogen-bond acceptors (Lipinski definition) is 6. The lowest BCUT2D eigenvalue weighted by Crippen LogP contribution is -2.37. The topological polar surface area (TPSA) is 144 Å². The molecule has 11 nitrogen and oxygen atoms in total. The van der Waals surface area contributed by atoms with Crippen molar-refractivity contribution >= 4 is 40.9 Å². The monoisotopic (exact) mass is 614 g/mol. The zero-order chi connectivity index (χ0) is 32.6. The van der Waals surface area contributed by atoms with Gasteiger partial charge in [0, 0.05) is 56.2 Å². The maximum absolute atomic E-state index is 13.4. The standard InChI is InChI=1S/C34H42N6O5/c1-23-8-5-10-26(18-23)36-33(45)38-28-19-24(32(44)37-27(20-31(42)43)25-9-6-13-35-22-25)11-12-29(28)39-14-7-15-40(17-16-39)30(41)21-34(2,3)4/h5-6,8-13,18-19,22,27H,7,14-17,20-21H2,1-4H3,(H,37,44)(H,42,43)(H2,36,38,45). The predicted octanol–water partition coefficient (Wildman–Crippen LogP) is 5.45. The van der Waals surface area contributed by atoms with Crippen LogP contribution in [0.5, 0.6) is 0 Å². The molecular formula is C34H42N6O5. The highest BCUT2D eigenvalue weighted by Crippen LogP contribution is 2.30. The van der Waals surface area contributed by atoms with Gasteiger partial charge in [-0.15, -0.1) is 0 Å². The number of benzene rings is 2. The Labute approximate surface area is 264 Å². The molecule has 0 bridgehead atoms. The van der Waals surface area contributed by atoms with Gasteiger partial charge in [0.1, 0.15) is 0 Å². The number of nitrogens with one attached hydrogen (secondary N) is 3. The number of pyridine rings is 1. The molecule has 1 atom stereocenters. The van der Waals surface area contributed by atoms with Gasteiger partial charge in [-0.2, -0.15) is 0 Å². The molecule has 0 spiro atoms. The Kier molecular flexibility index (Phi) is 10.8. The van der Waals surface area contributed by atoms with E-state index in [1.54, 1.807) is 42.6 Å². The van der Waals surface area contributed by atoms with E-state index >= 15 is 0 Å². The average molecular weight is 615 g/mol. The van der Waals surface area contributed by atoms with E-state index in [9.17, 15) is 24.3 Å². The van der Waals surface area contributed by atoms with E-state index in [0.29, 0.717) is 55.2 Å². The average Bonchev–Trinajstić information content (AvgIpc) is 3.23. The maximum Gasteiger partial charge on any atom is 0.323 e. The van der Waals surface area contributed by atoms with Gasteiger partial charge in [-0.25, -0.2) is 4.79 Å². The van der Waals surface area contributed by atoms with Gasteiger partial charge in [-0.05, 0) is 66.3 Å². The molecule has 2 heterocycles. The summed E-state index contributed by atoms with van der Waals surface area (Å²) in [5.74, 6) is -1.43. The number of nitrogens with zero attached hydrogens (tertiary/aromatic N) is 3. The van der Waals surface area contributed by atoms with Crippen LogP contribution >= 0.6 is 0 Å². The summed E-state index contributed by atoms with van der Waals surface area (Å²) >= 11 is 0. The smallest absolute Gasteiger partial charge is 0.323 e. The van der Waals surface area contributed by atoms with Crippen LogP contribution in [0.15, 0.2) is 67.0 Å². The van der Waals surface area contributed by atoms with Crippen LogP contribution in [0, 0.1) is 12.3 Å². The number of anilines is 3. The van der Waals surface area contributed by atoms with E-state index in [4.69, 9.17) is 0 Å². The summed E-state index contributed by atoms with van der Waals surface area (Å²) in [6.07, 6.45) is 3.98. The molecule has 4 rings (SSSR count). The highest BCUT2D eigenvalue weighted by molar-refractivity contribution is 6.04. The first kappa shape index (κ1) is 33.0. The van der Waals surface area contributed by atoms with Gasteiger partial charge in [0.2, 0.25) is 5.91 Å². The van der Waals surface area contributed by atoms with Gasteiger partial charge in [0.25, 0.3) is 5.91 Å². The van der Waals surface area contributed by atoms with Crippen LogP contribution in [0.4, 0.5) is 21.9 Å².